The van der Waals surface area contributed by atoms with Gasteiger partial charge in [-0.15, -0.1) is 0 Å². The summed E-state index contributed by atoms with van der Waals surface area (Å²) in [6, 6.07) is 10.8. The van der Waals surface area contributed by atoms with Crippen molar-refractivity contribution in [2.75, 3.05) is 12.4 Å². The summed E-state index contributed by atoms with van der Waals surface area (Å²) in [6.07, 6.45) is 2.28. The van der Waals surface area contributed by atoms with Crippen LogP contribution in [0.3, 0.4) is 0 Å². The summed E-state index contributed by atoms with van der Waals surface area (Å²) in [5, 5.41) is 11.8. The average Bonchev–Trinajstić information content (AvgIpc) is 3.32. The van der Waals surface area contributed by atoms with Gasteiger partial charge in [-0.2, -0.15) is 10.2 Å². The summed E-state index contributed by atoms with van der Waals surface area (Å²) in [5.74, 6) is 3.24. The number of benzene rings is 1. The van der Waals surface area contributed by atoms with Crippen LogP contribution in [-0.2, 0) is 0 Å². The molecule has 0 atom stereocenters. The fourth-order valence-electron chi connectivity index (χ4n) is 1.87. The van der Waals surface area contributed by atoms with Crippen molar-refractivity contribution < 1.29 is 4.74 Å². The van der Waals surface area contributed by atoms with Gasteiger partial charge in [-0.1, -0.05) is 0 Å². The van der Waals surface area contributed by atoms with Crippen molar-refractivity contribution in [3.63, 3.8) is 0 Å². The molecule has 1 aromatic carbocycles. The molecule has 1 aliphatic rings. The summed E-state index contributed by atoms with van der Waals surface area (Å²) < 4.78 is 5.74. The highest BCUT2D eigenvalue weighted by atomic mass is 16.5. The van der Waals surface area contributed by atoms with Gasteiger partial charge >= 0.3 is 0 Å². The predicted molar refractivity (Wildman–Crippen MR) is 74.8 cm³/mol. The molecule has 3 rings (SSSR count). The fourth-order valence-corrected chi connectivity index (χ4v) is 1.87. The third kappa shape index (κ3) is 2.69. The van der Waals surface area contributed by atoms with E-state index < -0.39 is 0 Å². The average molecular weight is 266 g/mol. The summed E-state index contributed by atoms with van der Waals surface area (Å²) in [4.78, 5) is 8.88. The van der Waals surface area contributed by atoms with E-state index in [9.17, 15) is 0 Å². The van der Waals surface area contributed by atoms with Crippen molar-refractivity contribution in [2.24, 2.45) is 0 Å². The van der Waals surface area contributed by atoms with E-state index in [4.69, 9.17) is 10.00 Å². The number of ether oxygens (including phenoxy) is 1. The molecule has 1 fully saturated rings. The molecular formula is C15H14N4O. The van der Waals surface area contributed by atoms with Gasteiger partial charge in [-0.05, 0) is 37.1 Å². The van der Waals surface area contributed by atoms with E-state index in [0.717, 1.165) is 24.5 Å². The number of nitrogens with one attached hydrogen (secondary N) is 1. The molecule has 20 heavy (non-hydrogen) atoms. The minimum Gasteiger partial charge on any atom is -0.439 e. The van der Waals surface area contributed by atoms with Gasteiger partial charge in [0.2, 0.25) is 5.88 Å². The van der Waals surface area contributed by atoms with Crippen LogP contribution in [0, 0.1) is 11.3 Å². The van der Waals surface area contributed by atoms with E-state index in [1.807, 2.05) is 7.05 Å². The summed E-state index contributed by atoms with van der Waals surface area (Å²) in [5.41, 5.74) is 0.606. The Hall–Kier alpha value is -2.61. The van der Waals surface area contributed by atoms with Gasteiger partial charge in [0.25, 0.3) is 0 Å². The first-order valence-electron chi connectivity index (χ1n) is 6.53. The third-order valence-electron chi connectivity index (χ3n) is 3.12. The van der Waals surface area contributed by atoms with Gasteiger partial charge in [0.05, 0.1) is 11.6 Å². The van der Waals surface area contributed by atoms with Crippen molar-refractivity contribution in [1.82, 2.24) is 9.97 Å². The smallest absolute Gasteiger partial charge is 0.224 e. The first-order chi connectivity index (χ1) is 9.78. The number of rotatable bonds is 4. The van der Waals surface area contributed by atoms with Gasteiger partial charge in [0, 0.05) is 19.0 Å². The van der Waals surface area contributed by atoms with Crippen molar-refractivity contribution in [1.29, 1.82) is 5.26 Å². The zero-order chi connectivity index (χ0) is 13.9. The molecule has 5 nitrogen and oxygen atoms in total. The highest BCUT2D eigenvalue weighted by Crippen LogP contribution is 2.39. The summed E-state index contributed by atoms with van der Waals surface area (Å²) in [7, 11) is 1.82. The number of nitrogens with zero attached hydrogens (tertiary/aromatic N) is 3. The Balaban J connectivity index is 1.85. The van der Waals surface area contributed by atoms with Crippen LogP contribution in [0.2, 0.25) is 0 Å². The molecule has 0 spiro atoms. The molecule has 0 amide bonds. The number of hydrogen-bond donors (Lipinski definition) is 1. The Morgan fingerprint density at radius 3 is 2.60 bits per heavy atom. The molecule has 0 saturated heterocycles. The van der Waals surface area contributed by atoms with Gasteiger partial charge < -0.3 is 10.1 Å². The molecule has 1 aromatic heterocycles. The second-order valence-electron chi connectivity index (χ2n) is 4.71. The monoisotopic (exact) mass is 266 g/mol. The first-order valence-corrected chi connectivity index (χ1v) is 6.53. The highest BCUT2D eigenvalue weighted by Gasteiger charge is 2.27. The largest absolute Gasteiger partial charge is 0.439 e. The third-order valence-corrected chi connectivity index (χ3v) is 3.12. The molecule has 100 valence electrons. The second-order valence-corrected chi connectivity index (χ2v) is 4.71. The zero-order valence-corrected chi connectivity index (χ0v) is 11.1. The van der Waals surface area contributed by atoms with Crippen molar-refractivity contribution in [3.05, 3.63) is 41.7 Å². The maximum Gasteiger partial charge on any atom is 0.224 e. The topological polar surface area (TPSA) is 70.8 Å². The lowest BCUT2D eigenvalue weighted by Crippen LogP contribution is -2.01. The number of nitriles is 1. The lowest BCUT2D eigenvalue weighted by molar-refractivity contribution is 0.459. The lowest BCUT2D eigenvalue weighted by Gasteiger charge is -2.08. The number of anilines is 1. The van der Waals surface area contributed by atoms with E-state index in [-0.39, 0.29) is 0 Å². The maximum atomic E-state index is 8.77. The molecule has 1 saturated carbocycles. The van der Waals surface area contributed by atoms with E-state index in [1.165, 1.54) is 0 Å². The first kappa shape index (κ1) is 12.4. The Morgan fingerprint density at radius 1 is 1.25 bits per heavy atom. The van der Waals surface area contributed by atoms with E-state index in [2.05, 4.69) is 21.4 Å². The van der Waals surface area contributed by atoms with Crippen molar-refractivity contribution in [3.8, 4) is 17.7 Å². The maximum absolute atomic E-state index is 8.77. The molecule has 1 heterocycles. The second kappa shape index (κ2) is 5.17. The molecule has 1 N–H and O–H groups in total. The minimum atomic E-state index is 0.464. The Morgan fingerprint density at radius 2 is 2.00 bits per heavy atom. The molecule has 0 radical (unpaired) electrons. The Kier molecular flexibility index (Phi) is 3.21. The quantitative estimate of drug-likeness (QED) is 0.920. The minimum absolute atomic E-state index is 0.464. The summed E-state index contributed by atoms with van der Waals surface area (Å²) in [6.45, 7) is 0. The van der Waals surface area contributed by atoms with Crippen LogP contribution < -0.4 is 10.1 Å². The summed E-state index contributed by atoms with van der Waals surface area (Å²) >= 11 is 0. The molecule has 2 aromatic rings. The molecule has 5 heteroatoms. The van der Waals surface area contributed by atoms with Crippen LogP contribution in [0.4, 0.5) is 5.82 Å². The van der Waals surface area contributed by atoms with Gasteiger partial charge in [0.15, 0.2) is 0 Å². The number of hydrogen-bond acceptors (Lipinski definition) is 5. The van der Waals surface area contributed by atoms with Gasteiger partial charge in [-0.3, -0.25) is 0 Å². The van der Waals surface area contributed by atoms with Crippen LogP contribution in [0.5, 0.6) is 11.6 Å². The fraction of sp³-hybridized carbons (Fsp3) is 0.267. The molecule has 0 bridgehead atoms. The lowest BCUT2D eigenvalue weighted by atomic mass is 10.2. The normalized spacial score (nSPS) is 13.6. The van der Waals surface area contributed by atoms with Crippen LogP contribution >= 0.6 is 0 Å². The van der Waals surface area contributed by atoms with Crippen molar-refractivity contribution in [2.45, 2.75) is 18.8 Å². The van der Waals surface area contributed by atoms with Gasteiger partial charge in [-0.25, -0.2) is 4.98 Å². The van der Waals surface area contributed by atoms with Crippen LogP contribution in [-0.4, -0.2) is 17.0 Å². The van der Waals surface area contributed by atoms with E-state index in [0.29, 0.717) is 23.1 Å². The molecule has 1 aliphatic carbocycles. The Labute approximate surface area is 117 Å². The predicted octanol–water partition coefficient (Wildman–Crippen LogP) is 3.06. The standard InChI is InChI=1S/C15H14N4O/c1-17-13-8-14(19-15(18-13)11-4-5-11)20-12-6-2-10(9-16)3-7-12/h2-3,6-8,11H,4-5H2,1H3,(H,17,18,19). The zero-order valence-electron chi connectivity index (χ0n) is 11.1. The molecule has 0 aliphatic heterocycles. The van der Waals surface area contributed by atoms with Crippen LogP contribution in [0.1, 0.15) is 30.1 Å². The van der Waals surface area contributed by atoms with Gasteiger partial charge in [0.1, 0.15) is 17.4 Å². The van der Waals surface area contributed by atoms with Crippen LogP contribution in [0.25, 0.3) is 0 Å². The van der Waals surface area contributed by atoms with E-state index >= 15 is 0 Å². The number of aromatic nitrogens is 2. The SMILES string of the molecule is CNc1cc(Oc2ccc(C#N)cc2)nc(C2CC2)n1. The van der Waals surface area contributed by atoms with E-state index in [1.54, 1.807) is 30.3 Å². The highest BCUT2D eigenvalue weighted by molar-refractivity contribution is 5.41. The van der Waals surface area contributed by atoms with Crippen LogP contribution in [0.15, 0.2) is 30.3 Å². The Bertz CT molecular complexity index is 657. The van der Waals surface area contributed by atoms with Crippen molar-refractivity contribution >= 4 is 5.82 Å². The molecule has 0 unspecified atom stereocenters. The molecular weight excluding hydrogens is 252 g/mol.